The molecule has 31 heavy (non-hydrogen) atoms. The van der Waals surface area contributed by atoms with E-state index in [0.717, 1.165) is 5.56 Å². The smallest absolute Gasteiger partial charge is 0.300 e. The lowest BCUT2D eigenvalue weighted by Crippen LogP contribution is -2.14. The van der Waals surface area contributed by atoms with E-state index in [-0.39, 0.29) is 35.2 Å². The highest BCUT2D eigenvalue weighted by Gasteiger charge is 2.30. The zero-order valence-electron chi connectivity index (χ0n) is 16.6. The molecule has 1 aromatic heterocycles. The lowest BCUT2D eigenvalue weighted by molar-refractivity contribution is -0.392. The second-order valence-corrected chi connectivity index (χ2v) is 7.21. The van der Waals surface area contributed by atoms with Crippen LogP contribution in [0, 0.1) is 31.6 Å². The molecular weight excluding hydrogens is 424 g/mol. The van der Waals surface area contributed by atoms with Gasteiger partial charge in [0, 0.05) is 38.3 Å². The summed E-state index contributed by atoms with van der Waals surface area (Å²) in [5, 5.41) is 32.7. The molecule has 0 saturated heterocycles. The van der Waals surface area contributed by atoms with Crippen LogP contribution in [0.1, 0.15) is 11.3 Å². The predicted octanol–water partition coefficient (Wildman–Crippen LogP) is 4.20. The van der Waals surface area contributed by atoms with Crippen molar-refractivity contribution in [3.8, 4) is 17.5 Å². The Bertz CT molecular complexity index is 1170. The number of aromatic nitrogens is 2. The van der Waals surface area contributed by atoms with Crippen LogP contribution in [0.5, 0.6) is 0 Å². The molecule has 0 spiro atoms. The quantitative estimate of drug-likeness (QED) is 0.397. The standard InChI is InChI=1S/C20H17ClN6O4/c1-24(2)18-16(26(28)29)10-14(11-17(18)27(30)31)20-23-19(21)15(8-9-22)25(20)12-13-6-4-3-5-7-13/h3-7,10-11H,8,12H2,1-2H3. The number of rotatable bonds is 7. The molecule has 0 amide bonds. The Balaban J connectivity index is 2.29. The van der Waals surface area contributed by atoms with Crippen molar-refractivity contribution < 1.29 is 9.85 Å². The summed E-state index contributed by atoms with van der Waals surface area (Å²) in [6.45, 7) is 0.282. The summed E-state index contributed by atoms with van der Waals surface area (Å²) in [5.74, 6) is 0.204. The maximum absolute atomic E-state index is 11.7. The van der Waals surface area contributed by atoms with E-state index in [4.69, 9.17) is 11.6 Å². The summed E-state index contributed by atoms with van der Waals surface area (Å²) in [7, 11) is 2.99. The molecule has 0 bridgehead atoms. The van der Waals surface area contributed by atoms with Crippen LogP contribution in [0.4, 0.5) is 17.1 Å². The van der Waals surface area contributed by atoms with Crippen LogP contribution in [0.3, 0.4) is 0 Å². The lowest BCUT2D eigenvalue weighted by Gasteiger charge is -2.15. The molecule has 1 heterocycles. The first-order valence-corrected chi connectivity index (χ1v) is 9.42. The number of hydrogen-bond donors (Lipinski definition) is 0. The highest BCUT2D eigenvalue weighted by atomic mass is 35.5. The Kier molecular flexibility index (Phi) is 6.17. The van der Waals surface area contributed by atoms with Crippen LogP contribution >= 0.6 is 11.6 Å². The van der Waals surface area contributed by atoms with Crippen molar-refractivity contribution in [1.82, 2.24) is 9.55 Å². The summed E-state index contributed by atoms with van der Waals surface area (Å²) in [5.41, 5.74) is 0.480. The zero-order chi connectivity index (χ0) is 22.7. The average Bonchev–Trinajstić information content (AvgIpc) is 3.03. The van der Waals surface area contributed by atoms with Crippen molar-refractivity contribution in [3.05, 3.63) is 79.1 Å². The van der Waals surface area contributed by atoms with Crippen LogP contribution in [-0.2, 0) is 13.0 Å². The van der Waals surface area contributed by atoms with Gasteiger partial charge in [0.15, 0.2) is 10.8 Å². The van der Waals surface area contributed by atoms with E-state index < -0.39 is 21.2 Å². The Labute approximate surface area is 182 Å². The molecule has 0 radical (unpaired) electrons. The minimum atomic E-state index is -0.673. The molecule has 0 aliphatic heterocycles. The van der Waals surface area contributed by atoms with Crippen molar-refractivity contribution in [1.29, 1.82) is 5.26 Å². The summed E-state index contributed by atoms with van der Waals surface area (Å²) in [4.78, 5) is 27.7. The van der Waals surface area contributed by atoms with Gasteiger partial charge in [0.05, 0.1) is 28.0 Å². The highest BCUT2D eigenvalue weighted by Crippen LogP contribution is 2.41. The fraction of sp³-hybridized carbons (Fsp3) is 0.200. The SMILES string of the molecule is CN(C)c1c([N+](=O)[O-])cc(-c2nc(Cl)c(CC#N)n2Cc2ccccc2)cc1[N+](=O)[O-]. The molecule has 11 heteroatoms. The fourth-order valence-electron chi connectivity index (χ4n) is 3.33. The molecule has 0 fully saturated rings. The summed E-state index contributed by atoms with van der Waals surface area (Å²) >= 11 is 6.27. The Morgan fingerprint density at radius 2 is 1.71 bits per heavy atom. The highest BCUT2D eigenvalue weighted by molar-refractivity contribution is 6.30. The van der Waals surface area contributed by atoms with Gasteiger partial charge in [0.2, 0.25) is 0 Å². The number of imidazole rings is 1. The Morgan fingerprint density at radius 3 is 2.19 bits per heavy atom. The third kappa shape index (κ3) is 4.31. The van der Waals surface area contributed by atoms with E-state index in [1.807, 2.05) is 36.4 Å². The van der Waals surface area contributed by atoms with E-state index in [2.05, 4.69) is 4.98 Å². The first kappa shape index (κ1) is 21.7. The second-order valence-electron chi connectivity index (χ2n) is 6.85. The largest absolute Gasteiger partial charge is 0.366 e. The van der Waals surface area contributed by atoms with Crippen molar-refractivity contribution in [3.63, 3.8) is 0 Å². The number of nitro benzene ring substituents is 2. The molecule has 2 aromatic carbocycles. The predicted molar refractivity (Wildman–Crippen MR) is 115 cm³/mol. The third-order valence-electron chi connectivity index (χ3n) is 4.62. The van der Waals surface area contributed by atoms with E-state index >= 15 is 0 Å². The molecule has 10 nitrogen and oxygen atoms in total. The molecule has 3 aromatic rings. The van der Waals surface area contributed by atoms with Gasteiger partial charge in [-0.05, 0) is 5.56 Å². The van der Waals surface area contributed by atoms with Crippen molar-refractivity contribution in [2.24, 2.45) is 0 Å². The third-order valence-corrected chi connectivity index (χ3v) is 4.92. The Morgan fingerprint density at radius 1 is 1.13 bits per heavy atom. The maximum Gasteiger partial charge on any atom is 0.300 e. The fourth-order valence-corrected chi connectivity index (χ4v) is 3.58. The van der Waals surface area contributed by atoms with Crippen LogP contribution in [-0.4, -0.2) is 33.5 Å². The second kappa shape index (κ2) is 8.81. The molecular formula is C20H17ClN6O4. The minimum Gasteiger partial charge on any atom is -0.366 e. The van der Waals surface area contributed by atoms with Crippen LogP contribution in [0.2, 0.25) is 5.15 Å². The summed E-state index contributed by atoms with van der Waals surface area (Å²) in [6.07, 6.45) is -0.0430. The zero-order valence-corrected chi connectivity index (χ0v) is 17.4. The number of hydrogen-bond acceptors (Lipinski definition) is 7. The van der Waals surface area contributed by atoms with Crippen LogP contribution < -0.4 is 4.90 Å². The lowest BCUT2D eigenvalue weighted by atomic mass is 10.1. The van der Waals surface area contributed by atoms with Gasteiger partial charge in [0.25, 0.3) is 11.4 Å². The number of nitrogens with zero attached hydrogens (tertiary/aromatic N) is 6. The minimum absolute atomic E-state index is 0.0430. The maximum atomic E-state index is 11.7. The van der Waals surface area contributed by atoms with Gasteiger partial charge in [-0.15, -0.1) is 0 Å². The number of nitro groups is 2. The number of anilines is 1. The van der Waals surface area contributed by atoms with Crippen molar-refractivity contribution in [2.45, 2.75) is 13.0 Å². The molecule has 0 saturated carbocycles. The van der Waals surface area contributed by atoms with E-state index in [1.165, 1.54) is 31.1 Å². The molecule has 3 rings (SSSR count). The summed E-state index contributed by atoms with van der Waals surface area (Å²) in [6, 6.07) is 13.8. The molecule has 0 aliphatic carbocycles. The normalized spacial score (nSPS) is 10.5. The monoisotopic (exact) mass is 440 g/mol. The average molecular weight is 441 g/mol. The van der Waals surface area contributed by atoms with Crippen molar-refractivity contribution in [2.75, 3.05) is 19.0 Å². The van der Waals surface area contributed by atoms with Gasteiger partial charge in [0.1, 0.15) is 5.82 Å². The molecule has 158 valence electrons. The number of halogens is 1. The van der Waals surface area contributed by atoms with Gasteiger partial charge in [-0.1, -0.05) is 41.9 Å². The van der Waals surface area contributed by atoms with Gasteiger partial charge in [-0.2, -0.15) is 5.26 Å². The number of nitriles is 1. The Hall–Kier alpha value is -3.97. The van der Waals surface area contributed by atoms with Gasteiger partial charge in [-0.3, -0.25) is 20.2 Å². The first-order valence-electron chi connectivity index (χ1n) is 9.04. The first-order chi connectivity index (χ1) is 14.7. The van der Waals surface area contributed by atoms with E-state index in [9.17, 15) is 25.5 Å². The van der Waals surface area contributed by atoms with Gasteiger partial charge in [-0.25, -0.2) is 4.98 Å². The molecule has 0 atom stereocenters. The van der Waals surface area contributed by atoms with Crippen LogP contribution in [0.25, 0.3) is 11.4 Å². The number of benzene rings is 2. The topological polar surface area (TPSA) is 131 Å². The van der Waals surface area contributed by atoms with Gasteiger partial charge >= 0.3 is 0 Å². The van der Waals surface area contributed by atoms with Gasteiger partial charge < -0.3 is 9.47 Å². The van der Waals surface area contributed by atoms with E-state index in [1.54, 1.807) is 4.57 Å². The molecule has 0 aliphatic rings. The van der Waals surface area contributed by atoms with Crippen LogP contribution in [0.15, 0.2) is 42.5 Å². The summed E-state index contributed by atoms with van der Waals surface area (Å²) < 4.78 is 1.65. The van der Waals surface area contributed by atoms with E-state index in [0.29, 0.717) is 5.69 Å². The molecule has 0 unspecified atom stereocenters. The van der Waals surface area contributed by atoms with Crippen molar-refractivity contribution >= 4 is 28.7 Å². The molecule has 0 N–H and O–H groups in total.